The molecule has 0 saturated carbocycles. The Labute approximate surface area is 181 Å². The first-order chi connectivity index (χ1) is 14.4. The highest BCUT2D eigenvalue weighted by atomic mass is 32.2. The van der Waals surface area contributed by atoms with Crippen molar-refractivity contribution in [2.45, 2.75) is 37.8 Å². The van der Waals surface area contributed by atoms with E-state index < -0.39 is 0 Å². The molecule has 7 heteroatoms. The van der Waals surface area contributed by atoms with Gasteiger partial charge in [0.25, 0.3) is 5.22 Å². The third-order valence-corrected chi connectivity index (χ3v) is 5.20. The molecule has 0 fully saturated rings. The summed E-state index contributed by atoms with van der Waals surface area (Å²) in [5.74, 6) is 1.45. The van der Waals surface area contributed by atoms with E-state index in [4.69, 9.17) is 9.15 Å². The fraction of sp³-hybridized carbons (Fsp3) is 0.348. The minimum absolute atomic E-state index is 0.102. The van der Waals surface area contributed by atoms with Crippen molar-refractivity contribution in [1.82, 2.24) is 15.5 Å². The number of carbonyl (C=O) groups is 1. The van der Waals surface area contributed by atoms with Crippen LogP contribution in [0.4, 0.5) is 0 Å². The molecule has 0 saturated heterocycles. The van der Waals surface area contributed by atoms with Gasteiger partial charge in [-0.1, -0.05) is 75.0 Å². The van der Waals surface area contributed by atoms with Crippen LogP contribution in [0.1, 0.15) is 37.8 Å². The normalized spacial score (nSPS) is 11.3. The van der Waals surface area contributed by atoms with Crippen LogP contribution in [0.3, 0.4) is 0 Å². The first kappa shape index (κ1) is 21.9. The van der Waals surface area contributed by atoms with E-state index in [9.17, 15) is 4.79 Å². The van der Waals surface area contributed by atoms with Gasteiger partial charge in [-0.15, -0.1) is 10.2 Å². The number of carbonyl (C=O) groups excluding carboxylic acids is 1. The Kier molecular flexibility index (Phi) is 7.52. The molecular weight excluding hydrogens is 398 g/mol. The monoisotopic (exact) mass is 425 g/mol. The molecule has 0 atom stereocenters. The molecule has 3 rings (SSSR count). The number of benzene rings is 2. The molecule has 1 amide bonds. The van der Waals surface area contributed by atoms with Crippen molar-refractivity contribution in [3.8, 4) is 5.75 Å². The zero-order chi connectivity index (χ0) is 21.4. The number of thioether (sulfide) groups is 1. The molecular formula is C23H27N3O3S. The maximum Gasteiger partial charge on any atom is 0.277 e. The predicted molar refractivity (Wildman–Crippen MR) is 118 cm³/mol. The van der Waals surface area contributed by atoms with Crippen molar-refractivity contribution < 1.29 is 13.9 Å². The molecule has 0 aliphatic heterocycles. The Hall–Kier alpha value is -2.80. The van der Waals surface area contributed by atoms with Crippen LogP contribution in [0.25, 0.3) is 0 Å². The van der Waals surface area contributed by atoms with Crippen molar-refractivity contribution in [2.24, 2.45) is 0 Å². The highest BCUT2D eigenvalue weighted by Crippen LogP contribution is 2.24. The van der Waals surface area contributed by atoms with Gasteiger partial charge < -0.3 is 14.5 Å². The zero-order valence-corrected chi connectivity index (χ0v) is 18.4. The number of hydrogen-bond acceptors (Lipinski definition) is 6. The van der Waals surface area contributed by atoms with Crippen LogP contribution in [-0.2, 0) is 16.6 Å². The van der Waals surface area contributed by atoms with Crippen LogP contribution in [0.2, 0.25) is 0 Å². The van der Waals surface area contributed by atoms with E-state index in [1.807, 2.05) is 42.5 Å². The van der Waals surface area contributed by atoms with Gasteiger partial charge in [0.05, 0.1) is 18.7 Å². The molecule has 0 aliphatic carbocycles. The number of aromatic nitrogens is 2. The summed E-state index contributed by atoms with van der Waals surface area (Å²) in [5.41, 5.74) is 2.47. The van der Waals surface area contributed by atoms with Crippen LogP contribution >= 0.6 is 11.8 Å². The van der Waals surface area contributed by atoms with Crippen molar-refractivity contribution in [2.75, 3.05) is 18.9 Å². The van der Waals surface area contributed by atoms with Crippen LogP contribution in [0, 0.1) is 0 Å². The Bertz CT molecular complexity index is 934. The quantitative estimate of drug-likeness (QED) is 0.408. The van der Waals surface area contributed by atoms with Crippen molar-refractivity contribution >= 4 is 17.7 Å². The molecule has 1 N–H and O–H groups in total. The van der Waals surface area contributed by atoms with Crippen molar-refractivity contribution in [3.63, 3.8) is 0 Å². The van der Waals surface area contributed by atoms with Crippen LogP contribution < -0.4 is 10.1 Å². The summed E-state index contributed by atoms with van der Waals surface area (Å²) in [6, 6.07) is 18.0. The molecule has 30 heavy (non-hydrogen) atoms. The molecule has 0 aliphatic rings. The van der Waals surface area contributed by atoms with Crippen molar-refractivity contribution in [3.05, 3.63) is 71.6 Å². The van der Waals surface area contributed by atoms with Crippen LogP contribution in [0.15, 0.2) is 64.2 Å². The summed E-state index contributed by atoms with van der Waals surface area (Å²) in [7, 11) is 0. The molecule has 158 valence electrons. The summed E-state index contributed by atoms with van der Waals surface area (Å²) in [6.07, 6.45) is 0.578. The molecule has 1 heterocycles. The first-order valence-corrected chi connectivity index (χ1v) is 10.9. The Morgan fingerprint density at radius 2 is 1.80 bits per heavy atom. The van der Waals surface area contributed by atoms with Gasteiger partial charge in [0, 0.05) is 0 Å². The van der Waals surface area contributed by atoms with Gasteiger partial charge in [-0.3, -0.25) is 4.79 Å². The first-order valence-electron chi connectivity index (χ1n) is 9.89. The Morgan fingerprint density at radius 1 is 1.07 bits per heavy atom. The fourth-order valence-corrected chi connectivity index (χ4v) is 3.34. The number of nitrogens with zero attached hydrogens (tertiary/aromatic N) is 2. The van der Waals surface area contributed by atoms with E-state index in [-0.39, 0.29) is 17.1 Å². The maximum atomic E-state index is 12.0. The number of amides is 1. The third kappa shape index (κ3) is 6.91. The lowest BCUT2D eigenvalue weighted by molar-refractivity contribution is -0.118. The molecule has 3 aromatic rings. The predicted octanol–water partition coefficient (Wildman–Crippen LogP) is 4.25. The van der Waals surface area contributed by atoms with Crippen LogP contribution in [-0.4, -0.2) is 35.0 Å². The number of ether oxygens (including phenoxy) is 1. The second-order valence-corrected chi connectivity index (χ2v) is 8.81. The summed E-state index contributed by atoms with van der Waals surface area (Å²) in [6.45, 7) is 7.37. The van der Waals surface area contributed by atoms with E-state index in [2.05, 4.69) is 48.4 Å². The van der Waals surface area contributed by atoms with E-state index >= 15 is 0 Å². The highest BCUT2D eigenvalue weighted by Gasteiger charge is 2.13. The lowest BCUT2D eigenvalue weighted by atomic mass is 9.87. The summed E-state index contributed by atoms with van der Waals surface area (Å²) in [4.78, 5) is 12.0. The van der Waals surface area contributed by atoms with Gasteiger partial charge in [0.15, 0.2) is 0 Å². The zero-order valence-electron chi connectivity index (χ0n) is 17.6. The fourth-order valence-electron chi connectivity index (χ4n) is 2.73. The number of nitrogens with one attached hydrogen (secondary N) is 1. The largest absolute Gasteiger partial charge is 0.492 e. The summed E-state index contributed by atoms with van der Waals surface area (Å²) < 4.78 is 11.3. The van der Waals surface area contributed by atoms with Gasteiger partial charge in [-0.05, 0) is 28.7 Å². The molecule has 0 spiro atoms. The average molecular weight is 426 g/mol. The molecule has 1 aromatic heterocycles. The van der Waals surface area contributed by atoms with Crippen molar-refractivity contribution in [1.29, 1.82) is 0 Å². The lowest BCUT2D eigenvalue weighted by Crippen LogP contribution is -2.29. The molecule has 6 nitrogen and oxygen atoms in total. The van der Waals surface area contributed by atoms with E-state index in [1.165, 1.54) is 17.3 Å². The van der Waals surface area contributed by atoms with Gasteiger partial charge >= 0.3 is 0 Å². The van der Waals surface area contributed by atoms with Gasteiger partial charge in [0.1, 0.15) is 12.4 Å². The van der Waals surface area contributed by atoms with Gasteiger partial charge in [-0.25, -0.2) is 0 Å². The van der Waals surface area contributed by atoms with E-state index in [1.54, 1.807) is 0 Å². The molecule has 2 aromatic carbocycles. The highest BCUT2D eigenvalue weighted by molar-refractivity contribution is 7.99. The SMILES string of the molecule is CC(C)(C)c1ccc(OCCNC(=O)CSc2nnc(Cc3ccccc3)o2)cc1. The smallest absolute Gasteiger partial charge is 0.277 e. The molecule has 0 radical (unpaired) electrons. The number of rotatable bonds is 9. The lowest BCUT2D eigenvalue weighted by Gasteiger charge is -2.19. The average Bonchev–Trinajstić information content (AvgIpc) is 3.17. The van der Waals surface area contributed by atoms with E-state index in [0.29, 0.717) is 30.7 Å². The standard InChI is InChI=1S/C23H27N3O3S/c1-23(2,3)18-9-11-19(12-10-18)28-14-13-24-20(27)16-30-22-26-25-21(29-22)15-17-7-5-4-6-8-17/h4-12H,13-16H2,1-3H3,(H,24,27). The Balaban J connectivity index is 1.33. The minimum Gasteiger partial charge on any atom is -0.492 e. The summed E-state index contributed by atoms with van der Waals surface area (Å²) >= 11 is 1.23. The molecule has 0 unspecified atom stereocenters. The number of hydrogen-bond donors (Lipinski definition) is 1. The van der Waals surface area contributed by atoms with Gasteiger partial charge in [0.2, 0.25) is 11.8 Å². The molecule has 0 bridgehead atoms. The van der Waals surface area contributed by atoms with Gasteiger partial charge in [-0.2, -0.15) is 0 Å². The topological polar surface area (TPSA) is 77.2 Å². The maximum absolute atomic E-state index is 12.0. The van der Waals surface area contributed by atoms with E-state index in [0.717, 1.165) is 11.3 Å². The minimum atomic E-state index is -0.102. The summed E-state index contributed by atoms with van der Waals surface area (Å²) in [5, 5.41) is 11.2. The van der Waals surface area contributed by atoms with Crippen LogP contribution in [0.5, 0.6) is 5.75 Å². The third-order valence-electron chi connectivity index (χ3n) is 4.39. The second kappa shape index (κ2) is 10.3. The second-order valence-electron chi connectivity index (χ2n) is 7.89. The Morgan fingerprint density at radius 3 is 2.50 bits per heavy atom.